The minimum atomic E-state index is 0.660. The fourth-order valence-corrected chi connectivity index (χ4v) is 4.33. The van der Waals surface area contributed by atoms with Gasteiger partial charge < -0.3 is 9.72 Å². The van der Waals surface area contributed by atoms with Gasteiger partial charge in [0.05, 0.1) is 19.4 Å². The fraction of sp³-hybridized carbons (Fsp3) is 0.429. The predicted octanol–water partition coefficient (Wildman–Crippen LogP) is 3.23. The van der Waals surface area contributed by atoms with Crippen molar-refractivity contribution in [3.05, 3.63) is 42.5 Å². The summed E-state index contributed by atoms with van der Waals surface area (Å²) >= 11 is 0. The number of ether oxygens (including phenoxy) is 1. The molecule has 6 nitrogen and oxygen atoms in total. The van der Waals surface area contributed by atoms with Crippen LogP contribution in [0.3, 0.4) is 0 Å². The number of hydrogen-bond donors (Lipinski definition) is 1. The Morgan fingerprint density at radius 2 is 2.07 bits per heavy atom. The number of fused-ring (bicyclic) bond motifs is 1. The van der Waals surface area contributed by atoms with E-state index >= 15 is 0 Å². The lowest BCUT2D eigenvalue weighted by atomic mass is 9.90. The van der Waals surface area contributed by atoms with E-state index in [9.17, 15) is 0 Å². The molecule has 1 N–H and O–H groups in total. The summed E-state index contributed by atoms with van der Waals surface area (Å²) < 4.78 is 7.32. The zero-order valence-corrected chi connectivity index (χ0v) is 15.7. The number of H-pyrrole nitrogens is 1. The van der Waals surface area contributed by atoms with Crippen molar-refractivity contribution in [2.24, 2.45) is 7.05 Å². The lowest BCUT2D eigenvalue weighted by molar-refractivity contribution is 0.0150. The molecule has 0 spiro atoms. The average Bonchev–Trinajstić information content (AvgIpc) is 3.34. The van der Waals surface area contributed by atoms with E-state index in [1.54, 1.807) is 0 Å². The molecule has 1 atom stereocenters. The fourth-order valence-electron chi connectivity index (χ4n) is 4.33. The molecule has 1 aliphatic heterocycles. The third-order valence-corrected chi connectivity index (χ3v) is 5.86. The van der Waals surface area contributed by atoms with E-state index in [0.717, 1.165) is 61.3 Å². The topological polar surface area (TPSA) is 59.0 Å². The van der Waals surface area contributed by atoms with Crippen LogP contribution in [0, 0.1) is 0 Å². The van der Waals surface area contributed by atoms with E-state index < -0.39 is 0 Å². The van der Waals surface area contributed by atoms with Crippen molar-refractivity contribution in [2.75, 3.05) is 26.3 Å². The molecule has 6 heteroatoms. The third kappa shape index (κ3) is 3.19. The number of nitrogens with zero attached hydrogens (tertiary/aromatic N) is 4. The molecule has 1 aliphatic carbocycles. The van der Waals surface area contributed by atoms with Gasteiger partial charge in [0.2, 0.25) is 0 Å². The highest BCUT2D eigenvalue weighted by Crippen LogP contribution is 2.33. The number of aromatic amines is 1. The Morgan fingerprint density at radius 3 is 2.81 bits per heavy atom. The molecule has 0 aromatic carbocycles. The van der Waals surface area contributed by atoms with E-state index in [2.05, 4.69) is 32.1 Å². The maximum atomic E-state index is 5.49. The Balaban J connectivity index is 1.41. The van der Waals surface area contributed by atoms with Gasteiger partial charge in [0.25, 0.3) is 0 Å². The number of pyridine rings is 1. The molecular formula is C21H25N5O. The molecule has 3 aromatic rings. The van der Waals surface area contributed by atoms with Crippen molar-refractivity contribution < 1.29 is 4.74 Å². The van der Waals surface area contributed by atoms with Crippen LogP contribution >= 0.6 is 0 Å². The summed E-state index contributed by atoms with van der Waals surface area (Å²) in [7, 11) is 1.94. The van der Waals surface area contributed by atoms with Crippen molar-refractivity contribution in [3.63, 3.8) is 0 Å². The first-order chi connectivity index (χ1) is 13.3. The molecule has 0 saturated carbocycles. The highest BCUT2D eigenvalue weighted by atomic mass is 16.5. The van der Waals surface area contributed by atoms with Crippen molar-refractivity contribution in [1.29, 1.82) is 0 Å². The Hall–Kier alpha value is -2.44. The number of aryl methyl sites for hydroxylation is 1. The summed E-state index contributed by atoms with van der Waals surface area (Å²) in [5, 5.41) is 5.47. The second kappa shape index (κ2) is 6.94. The molecule has 1 fully saturated rings. The Morgan fingerprint density at radius 1 is 1.19 bits per heavy atom. The maximum absolute atomic E-state index is 5.49. The number of allylic oxidation sites excluding steroid dienone is 1. The van der Waals surface area contributed by atoms with Gasteiger partial charge in [0.15, 0.2) is 0 Å². The monoisotopic (exact) mass is 363 g/mol. The molecule has 1 unspecified atom stereocenters. The van der Waals surface area contributed by atoms with E-state index in [1.807, 2.05) is 36.5 Å². The largest absolute Gasteiger partial charge is 0.379 e. The van der Waals surface area contributed by atoms with Crippen LogP contribution in [0.5, 0.6) is 0 Å². The maximum Gasteiger partial charge on any atom is 0.137 e. The molecule has 5 rings (SSSR count). The smallest absolute Gasteiger partial charge is 0.137 e. The molecule has 2 aliphatic rings. The first-order valence-corrected chi connectivity index (χ1v) is 9.75. The summed E-state index contributed by atoms with van der Waals surface area (Å²) in [6, 6.07) is 2.94. The van der Waals surface area contributed by atoms with Crippen LogP contribution in [0.15, 0.2) is 36.9 Å². The van der Waals surface area contributed by atoms with Crippen LogP contribution in [0.4, 0.5) is 0 Å². The molecular weight excluding hydrogens is 338 g/mol. The van der Waals surface area contributed by atoms with Crippen LogP contribution in [0.2, 0.25) is 0 Å². The van der Waals surface area contributed by atoms with Gasteiger partial charge in [-0.3, -0.25) is 9.58 Å². The van der Waals surface area contributed by atoms with Gasteiger partial charge >= 0.3 is 0 Å². The third-order valence-electron chi connectivity index (χ3n) is 5.86. The van der Waals surface area contributed by atoms with Gasteiger partial charge in [-0.25, -0.2) is 4.98 Å². The molecule has 4 heterocycles. The van der Waals surface area contributed by atoms with Crippen LogP contribution in [0.25, 0.3) is 27.7 Å². The Kier molecular flexibility index (Phi) is 4.30. The Bertz CT molecular complexity index is 980. The van der Waals surface area contributed by atoms with Crippen LogP contribution in [-0.4, -0.2) is 57.0 Å². The van der Waals surface area contributed by atoms with E-state index in [0.29, 0.717) is 6.04 Å². The number of morpholine rings is 1. The van der Waals surface area contributed by atoms with E-state index in [4.69, 9.17) is 4.74 Å². The van der Waals surface area contributed by atoms with Crippen LogP contribution < -0.4 is 0 Å². The predicted molar refractivity (Wildman–Crippen MR) is 106 cm³/mol. The number of rotatable bonds is 3. The van der Waals surface area contributed by atoms with E-state index in [1.165, 1.54) is 17.6 Å². The highest BCUT2D eigenvalue weighted by molar-refractivity contribution is 5.94. The normalized spacial score (nSPS) is 21.5. The summed E-state index contributed by atoms with van der Waals surface area (Å²) in [4.78, 5) is 10.5. The number of hydrogen-bond acceptors (Lipinski definition) is 4. The molecule has 0 bridgehead atoms. The molecule has 3 aromatic heterocycles. The summed E-state index contributed by atoms with van der Waals surface area (Å²) in [6.45, 7) is 3.88. The number of aromatic nitrogens is 4. The first kappa shape index (κ1) is 16.7. The second-order valence-corrected chi connectivity index (χ2v) is 7.53. The number of nitrogens with one attached hydrogen (secondary N) is 1. The van der Waals surface area contributed by atoms with Gasteiger partial charge in [-0.05, 0) is 36.5 Å². The summed E-state index contributed by atoms with van der Waals surface area (Å²) in [5.74, 6) is 0. The standard InChI is InChI=1S/C21H25N5O/c1-25-14-17(12-24-25)20-13-23-21-19(20)10-16(11-22-21)15-2-4-18(5-3-15)26-6-8-27-9-7-26/h2,10-14,18H,3-9H2,1H3,(H,22,23). The highest BCUT2D eigenvalue weighted by Gasteiger charge is 2.23. The van der Waals surface area contributed by atoms with Gasteiger partial charge in [0, 0.05) is 61.3 Å². The van der Waals surface area contributed by atoms with Crippen molar-refractivity contribution in [2.45, 2.75) is 25.3 Å². The quantitative estimate of drug-likeness (QED) is 0.776. The molecule has 140 valence electrons. The van der Waals surface area contributed by atoms with Gasteiger partial charge in [-0.15, -0.1) is 0 Å². The van der Waals surface area contributed by atoms with Gasteiger partial charge in [-0.1, -0.05) is 6.08 Å². The van der Waals surface area contributed by atoms with E-state index in [-0.39, 0.29) is 0 Å². The molecule has 0 radical (unpaired) electrons. The van der Waals surface area contributed by atoms with Gasteiger partial charge in [-0.2, -0.15) is 5.10 Å². The first-order valence-electron chi connectivity index (χ1n) is 9.75. The molecule has 1 saturated heterocycles. The van der Waals surface area contributed by atoms with Gasteiger partial charge in [0.1, 0.15) is 5.65 Å². The Labute approximate surface area is 158 Å². The lowest BCUT2D eigenvalue weighted by Crippen LogP contribution is -2.43. The minimum Gasteiger partial charge on any atom is -0.379 e. The second-order valence-electron chi connectivity index (χ2n) is 7.53. The van der Waals surface area contributed by atoms with Crippen LogP contribution in [0.1, 0.15) is 24.8 Å². The SMILES string of the molecule is Cn1cc(-c2c[nH]c3ncc(C4=CCC(N5CCOCC5)CC4)cc23)cn1. The van der Waals surface area contributed by atoms with Crippen molar-refractivity contribution >= 4 is 16.6 Å². The molecule has 0 amide bonds. The summed E-state index contributed by atoms with van der Waals surface area (Å²) in [5.41, 5.74) is 5.88. The minimum absolute atomic E-state index is 0.660. The summed E-state index contributed by atoms with van der Waals surface area (Å²) in [6.07, 6.45) is 13.9. The zero-order chi connectivity index (χ0) is 18.2. The van der Waals surface area contributed by atoms with Crippen molar-refractivity contribution in [3.8, 4) is 11.1 Å². The average molecular weight is 363 g/mol. The zero-order valence-electron chi connectivity index (χ0n) is 15.7. The molecule has 27 heavy (non-hydrogen) atoms. The van der Waals surface area contributed by atoms with Crippen molar-refractivity contribution in [1.82, 2.24) is 24.6 Å². The lowest BCUT2D eigenvalue weighted by Gasteiger charge is -2.36. The van der Waals surface area contributed by atoms with Crippen LogP contribution in [-0.2, 0) is 11.8 Å².